The third kappa shape index (κ3) is 10.4. The molecule has 0 aromatic heterocycles. The van der Waals surface area contributed by atoms with Crippen molar-refractivity contribution < 1.29 is 14.4 Å². The van der Waals surface area contributed by atoms with Crippen LogP contribution < -0.4 is 5.32 Å². The van der Waals surface area contributed by atoms with Crippen LogP contribution >= 0.6 is 94.2 Å². The summed E-state index contributed by atoms with van der Waals surface area (Å²) in [6, 6.07) is 12.8. The van der Waals surface area contributed by atoms with E-state index < -0.39 is 0 Å². The molecule has 212 valence electrons. The van der Waals surface area contributed by atoms with E-state index in [-0.39, 0.29) is 5.91 Å². The summed E-state index contributed by atoms with van der Waals surface area (Å²) in [6.07, 6.45) is 4.29. The van der Waals surface area contributed by atoms with Crippen molar-refractivity contribution in [3.8, 4) is 0 Å². The molecular formula is C29H24Br3Cl4NO3. The minimum Gasteiger partial charge on any atom is -0.326 e. The van der Waals surface area contributed by atoms with Crippen LogP contribution in [0, 0.1) is 0 Å². The number of hydrogen-bond acceptors (Lipinski definition) is 3. The first-order valence-corrected chi connectivity index (χ1v) is 16.3. The molecule has 0 atom stereocenters. The van der Waals surface area contributed by atoms with Crippen LogP contribution in [-0.2, 0) is 40.1 Å². The predicted octanol–water partition coefficient (Wildman–Crippen LogP) is 9.99. The van der Waals surface area contributed by atoms with Gasteiger partial charge in [-0.25, -0.2) is 0 Å². The zero-order chi connectivity index (χ0) is 29.4. The van der Waals surface area contributed by atoms with Gasteiger partial charge in [0.25, 0.3) is 0 Å². The molecule has 2 aliphatic rings. The number of Topliss-reactive ketones (excluding diaryl/α,β-unsaturated/α-hetero) is 2. The first-order chi connectivity index (χ1) is 18.9. The third-order valence-electron chi connectivity index (χ3n) is 6.06. The Hall–Kier alpha value is -0.930. The summed E-state index contributed by atoms with van der Waals surface area (Å²) in [5.41, 5.74) is 5.21. The van der Waals surface area contributed by atoms with Crippen molar-refractivity contribution >= 4 is 117 Å². The van der Waals surface area contributed by atoms with E-state index in [9.17, 15) is 14.4 Å². The van der Waals surface area contributed by atoms with Crippen LogP contribution in [-0.4, -0.2) is 23.4 Å². The zero-order valence-electron chi connectivity index (χ0n) is 21.1. The number of amides is 1. The molecule has 5 rings (SSSR count). The summed E-state index contributed by atoms with van der Waals surface area (Å²) < 4.78 is 2.81. The number of hydrogen-bond donors (Lipinski definition) is 1. The van der Waals surface area contributed by atoms with Crippen molar-refractivity contribution in [1.29, 1.82) is 0 Å². The van der Waals surface area contributed by atoms with E-state index in [0.29, 0.717) is 65.3 Å². The van der Waals surface area contributed by atoms with Gasteiger partial charge in [0.05, 0.1) is 0 Å². The SMILES string of the molecule is O=C(CCCl)Nc1cc(Cl)cc(Br)c1.O=C1CCc2c(Br)cc(Cl)cc2C1.O=C1CCc2c(Cl)cc(Br)cc2C1. The van der Waals surface area contributed by atoms with Gasteiger partial charge in [0.2, 0.25) is 5.91 Å². The molecule has 0 unspecified atom stereocenters. The molecule has 0 bridgehead atoms. The van der Waals surface area contributed by atoms with Gasteiger partial charge >= 0.3 is 0 Å². The van der Waals surface area contributed by atoms with Gasteiger partial charge in [-0.3, -0.25) is 14.4 Å². The molecule has 2 aliphatic carbocycles. The Kier molecular flexibility index (Phi) is 13.5. The Morgan fingerprint density at radius 1 is 0.725 bits per heavy atom. The lowest BCUT2D eigenvalue weighted by Gasteiger charge is -2.16. The molecule has 0 fully saturated rings. The standard InChI is InChI=1S/2C10H8BrClO.C9H8BrCl2NO/c11-10-5-7(12)3-6-4-8(13)1-2-9(6)10;11-7-3-6-4-8(13)1-2-9(6)10(12)5-7;10-6-3-7(12)5-8(4-6)13-9(14)1-2-11/h2*3,5H,1-2,4H2;3-5H,1-2H2,(H,13,14). The van der Waals surface area contributed by atoms with E-state index in [2.05, 4.69) is 53.1 Å². The summed E-state index contributed by atoms with van der Waals surface area (Å²) in [5.74, 6) is 0.811. The minimum atomic E-state index is -0.117. The van der Waals surface area contributed by atoms with Crippen LogP contribution in [0.2, 0.25) is 15.1 Å². The summed E-state index contributed by atoms with van der Waals surface area (Å²) in [6.45, 7) is 0. The van der Waals surface area contributed by atoms with Gasteiger partial charge < -0.3 is 5.32 Å². The number of anilines is 1. The van der Waals surface area contributed by atoms with Crippen LogP contribution in [0.15, 0.2) is 55.9 Å². The lowest BCUT2D eigenvalue weighted by Crippen LogP contribution is -2.13. The molecule has 3 aromatic rings. The van der Waals surface area contributed by atoms with Gasteiger partial charge in [0.1, 0.15) is 11.6 Å². The van der Waals surface area contributed by atoms with Crippen LogP contribution in [0.1, 0.15) is 41.5 Å². The molecule has 40 heavy (non-hydrogen) atoms. The average Bonchev–Trinajstić information content (AvgIpc) is 2.83. The van der Waals surface area contributed by atoms with Gasteiger partial charge in [-0.1, -0.05) is 82.6 Å². The van der Waals surface area contributed by atoms with Crippen molar-refractivity contribution in [2.75, 3.05) is 11.2 Å². The smallest absolute Gasteiger partial charge is 0.225 e. The molecule has 0 spiro atoms. The molecule has 0 heterocycles. The Balaban J connectivity index is 0.000000165. The zero-order valence-corrected chi connectivity index (χ0v) is 28.9. The fourth-order valence-corrected chi connectivity index (χ4v) is 7.33. The van der Waals surface area contributed by atoms with E-state index in [0.717, 1.165) is 48.0 Å². The second-order valence-corrected chi connectivity index (χ2v) is 13.5. The number of carbonyl (C=O) groups is 3. The second-order valence-electron chi connectivity index (χ2n) is 9.13. The highest BCUT2D eigenvalue weighted by atomic mass is 79.9. The number of ketones is 2. The fraction of sp³-hybridized carbons (Fsp3) is 0.276. The van der Waals surface area contributed by atoms with Gasteiger partial charge in [0, 0.05) is 72.2 Å². The number of rotatable bonds is 3. The first-order valence-electron chi connectivity index (χ1n) is 12.2. The molecule has 11 heteroatoms. The third-order valence-corrected chi connectivity index (χ3v) is 8.64. The van der Waals surface area contributed by atoms with E-state index in [4.69, 9.17) is 46.4 Å². The molecular weight excluding hydrogens is 792 g/mol. The highest BCUT2D eigenvalue weighted by molar-refractivity contribution is 9.11. The lowest BCUT2D eigenvalue weighted by molar-refractivity contribution is -0.119. The number of nitrogens with one attached hydrogen (secondary N) is 1. The summed E-state index contributed by atoms with van der Waals surface area (Å²) in [4.78, 5) is 33.6. The van der Waals surface area contributed by atoms with Gasteiger partial charge in [-0.05, 0) is 77.6 Å². The highest BCUT2D eigenvalue weighted by Crippen LogP contribution is 2.31. The fourth-order valence-electron chi connectivity index (χ4n) is 4.25. The van der Waals surface area contributed by atoms with Crippen LogP contribution in [0.5, 0.6) is 0 Å². The Labute approximate surface area is 278 Å². The first kappa shape index (κ1) is 33.6. The van der Waals surface area contributed by atoms with Crippen molar-refractivity contribution in [1.82, 2.24) is 0 Å². The second kappa shape index (κ2) is 16.1. The van der Waals surface area contributed by atoms with Crippen molar-refractivity contribution in [2.24, 2.45) is 0 Å². The summed E-state index contributed by atoms with van der Waals surface area (Å²) in [7, 11) is 0. The van der Waals surface area contributed by atoms with Crippen molar-refractivity contribution in [2.45, 2.75) is 44.9 Å². The largest absolute Gasteiger partial charge is 0.326 e. The van der Waals surface area contributed by atoms with E-state index >= 15 is 0 Å². The number of halogens is 7. The predicted molar refractivity (Wildman–Crippen MR) is 175 cm³/mol. The minimum absolute atomic E-state index is 0.117. The molecule has 4 nitrogen and oxygen atoms in total. The normalized spacial score (nSPS) is 13.7. The molecule has 0 radical (unpaired) electrons. The average molecular weight is 816 g/mol. The number of alkyl halides is 1. The van der Waals surface area contributed by atoms with Gasteiger partial charge in [0.15, 0.2) is 0 Å². The summed E-state index contributed by atoms with van der Waals surface area (Å²) >= 11 is 33.3. The molecule has 0 aliphatic heterocycles. The number of carbonyl (C=O) groups excluding carboxylic acids is 3. The van der Waals surface area contributed by atoms with Gasteiger partial charge in [-0.2, -0.15) is 0 Å². The highest BCUT2D eigenvalue weighted by Gasteiger charge is 2.19. The Bertz CT molecular complexity index is 1340. The van der Waals surface area contributed by atoms with Crippen molar-refractivity contribution in [3.05, 3.63) is 93.2 Å². The quantitative estimate of drug-likeness (QED) is 0.268. The van der Waals surface area contributed by atoms with Crippen molar-refractivity contribution in [3.63, 3.8) is 0 Å². The maximum Gasteiger partial charge on any atom is 0.225 e. The molecule has 1 amide bonds. The van der Waals surface area contributed by atoms with E-state index in [1.54, 1.807) is 18.2 Å². The topological polar surface area (TPSA) is 63.2 Å². The Morgan fingerprint density at radius 3 is 1.93 bits per heavy atom. The lowest BCUT2D eigenvalue weighted by atomic mass is 9.91. The molecule has 0 saturated heterocycles. The Morgan fingerprint density at radius 2 is 1.30 bits per heavy atom. The maximum atomic E-state index is 11.2. The molecule has 3 aromatic carbocycles. The van der Waals surface area contributed by atoms with E-state index in [1.165, 1.54) is 5.56 Å². The number of fused-ring (bicyclic) bond motifs is 2. The monoisotopic (exact) mass is 811 g/mol. The molecule has 1 N–H and O–H groups in total. The van der Waals surface area contributed by atoms with Gasteiger partial charge in [-0.15, -0.1) is 11.6 Å². The molecule has 0 saturated carbocycles. The maximum absolute atomic E-state index is 11.2. The summed E-state index contributed by atoms with van der Waals surface area (Å²) in [5, 5.41) is 4.73. The van der Waals surface area contributed by atoms with Crippen LogP contribution in [0.3, 0.4) is 0 Å². The van der Waals surface area contributed by atoms with E-state index in [1.807, 2.05) is 24.3 Å². The van der Waals surface area contributed by atoms with Crippen LogP contribution in [0.25, 0.3) is 0 Å². The number of benzene rings is 3. The van der Waals surface area contributed by atoms with Crippen LogP contribution in [0.4, 0.5) is 5.69 Å².